The lowest BCUT2D eigenvalue weighted by atomic mass is 10.3. The predicted molar refractivity (Wildman–Crippen MR) is 94.0 cm³/mol. The first-order chi connectivity index (χ1) is 12.1. The summed E-state index contributed by atoms with van der Waals surface area (Å²) in [5.41, 5.74) is 0.759. The maximum Gasteiger partial charge on any atom is 0.285 e. The largest absolute Gasteiger partial charge is 0.454 e. The second kappa shape index (κ2) is 5.95. The standard InChI is InChI=1S/C17H12N2O4S2/c1-2-8-19-13-9-14-15(23-11-22-14)10-16(13)24-17(19)18-25(20,21)12-6-4-3-5-7-12/h1,3-7,9-10H,8,11H2/b18-17-. The summed E-state index contributed by atoms with van der Waals surface area (Å²) in [6.07, 6.45) is 5.45. The molecule has 3 aromatic rings. The molecule has 0 radical (unpaired) electrons. The lowest BCUT2D eigenvalue weighted by Gasteiger charge is -2.02. The molecule has 0 saturated carbocycles. The van der Waals surface area contributed by atoms with E-state index in [9.17, 15) is 8.42 Å². The molecule has 1 aromatic heterocycles. The van der Waals surface area contributed by atoms with Gasteiger partial charge in [-0.1, -0.05) is 35.5 Å². The van der Waals surface area contributed by atoms with Crippen molar-refractivity contribution < 1.29 is 17.9 Å². The Labute approximate surface area is 148 Å². The van der Waals surface area contributed by atoms with Crippen molar-refractivity contribution >= 4 is 31.6 Å². The van der Waals surface area contributed by atoms with Crippen LogP contribution in [0, 0.1) is 12.3 Å². The van der Waals surface area contributed by atoms with E-state index in [2.05, 4.69) is 10.3 Å². The fraction of sp³-hybridized carbons (Fsp3) is 0.118. The molecule has 2 heterocycles. The van der Waals surface area contributed by atoms with E-state index in [1.54, 1.807) is 28.8 Å². The number of aromatic nitrogens is 1. The predicted octanol–water partition coefficient (Wildman–Crippen LogP) is 2.35. The fourth-order valence-electron chi connectivity index (χ4n) is 2.52. The van der Waals surface area contributed by atoms with Gasteiger partial charge in [0.1, 0.15) is 0 Å². The van der Waals surface area contributed by atoms with Gasteiger partial charge in [0.15, 0.2) is 11.5 Å². The van der Waals surface area contributed by atoms with Crippen molar-refractivity contribution in [3.63, 3.8) is 0 Å². The van der Waals surface area contributed by atoms with E-state index in [-0.39, 0.29) is 18.2 Å². The molecule has 2 aromatic carbocycles. The highest BCUT2D eigenvalue weighted by molar-refractivity contribution is 7.90. The number of sulfonamides is 1. The van der Waals surface area contributed by atoms with Crippen molar-refractivity contribution in [2.75, 3.05) is 6.79 Å². The van der Waals surface area contributed by atoms with Crippen LogP contribution in [0.15, 0.2) is 51.8 Å². The number of hydrogen-bond donors (Lipinski definition) is 0. The highest BCUT2D eigenvalue weighted by atomic mass is 32.2. The van der Waals surface area contributed by atoms with E-state index >= 15 is 0 Å². The van der Waals surface area contributed by atoms with Crippen LogP contribution in [0.3, 0.4) is 0 Å². The van der Waals surface area contributed by atoms with Crippen molar-refractivity contribution in [2.24, 2.45) is 4.40 Å². The molecular weight excluding hydrogens is 360 g/mol. The fourth-order valence-corrected chi connectivity index (χ4v) is 4.79. The molecule has 0 fully saturated rings. The zero-order valence-corrected chi connectivity index (χ0v) is 14.5. The molecule has 4 rings (SSSR count). The molecule has 1 aliphatic rings. The van der Waals surface area contributed by atoms with Gasteiger partial charge in [-0.3, -0.25) is 0 Å². The number of nitrogens with zero attached hydrogens (tertiary/aromatic N) is 2. The van der Waals surface area contributed by atoms with Crippen LogP contribution in [0.25, 0.3) is 10.2 Å². The van der Waals surface area contributed by atoms with Crippen molar-refractivity contribution in [1.82, 2.24) is 4.57 Å². The number of thiazole rings is 1. The van der Waals surface area contributed by atoms with Crippen molar-refractivity contribution in [3.8, 4) is 23.8 Å². The molecule has 0 atom stereocenters. The quantitative estimate of drug-likeness (QED) is 0.662. The Bertz CT molecular complexity index is 1170. The molecule has 6 nitrogen and oxygen atoms in total. The Morgan fingerprint density at radius 2 is 1.92 bits per heavy atom. The molecule has 0 bridgehead atoms. The molecule has 0 unspecified atom stereocenters. The summed E-state index contributed by atoms with van der Waals surface area (Å²) in [7, 11) is -3.83. The molecule has 0 saturated heterocycles. The minimum absolute atomic E-state index is 0.133. The molecule has 126 valence electrons. The van der Waals surface area contributed by atoms with Crippen LogP contribution in [-0.4, -0.2) is 19.8 Å². The van der Waals surface area contributed by atoms with Gasteiger partial charge < -0.3 is 14.0 Å². The highest BCUT2D eigenvalue weighted by Crippen LogP contribution is 2.37. The van der Waals surface area contributed by atoms with E-state index in [1.165, 1.54) is 23.5 Å². The Hall–Kier alpha value is -2.76. The average molecular weight is 372 g/mol. The number of terminal acetylenes is 1. The SMILES string of the molecule is C#CCn1/c(=N/S(=O)(=O)c2ccccc2)sc2cc3c(cc21)OCO3. The highest BCUT2D eigenvalue weighted by Gasteiger charge is 2.19. The number of hydrogen-bond acceptors (Lipinski definition) is 5. The number of rotatable bonds is 3. The summed E-state index contributed by atoms with van der Waals surface area (Å²) >= 11 is 1.24. The maximum atomic E-state index is 12.6. The van der Waals surface area contributed by atoms with Gasteiger partial charge in [0.05, 0.1) is 21.7 Å². The lowest BCUT2D eigenvalue weighted by molar-refractivity contribution is 0.174. The number of benzene rings is 2. The van der Waals surface area contributed by atoms with Crippen LogP contribution < -0.4 is 14.3 Å². The monoisotopic (exact) mass is 372 g/mol. The Kier molecular flexibility index (Phi) is 3.75. The van der Waals surface area contributed by atoms with E-state index in [0.717, 1.165) is 10.2 Å². The minimum Gasteiger partial charge on any atom is -0.454 e. The Morgan fingerprint density at radius 3 is 2.64 bits per heavy atom. The first kappa shape index (κ1) is 15.7. The molecule has 0 aliphatic carbocycles. The van der Waals surface area contributed by atoms with Gasteiger partial charge >= 0.3 is 0 Å². The second-order valence-corrected chi connectivity index (χ2v) is 7.84. The van der Waals surface area contributed by atoms with Gasteiger partial charge in [-0.15, -0.1) is 10.8 Å². The van der Waals surface area contributed by atoms with Crippen LogP contribution in [0.2, 0.25) is 0 Å². The topological polar surface area (TPSA) is 69.9 Å². The minimum atomic E-state index is -3.83. The summed E-state index contributed by atoms with van der Waals surface area (Å²) in [5.74, 6) is 3.77. The first-order valence-corrected chi connectivity index (χ1v) is 9.57. The zero-order valence-electron chi connectivity index (χ0n) is 12.9. The molecule has 25 heavy (non-hydrogen) atoms. The van der Waals surface area contributed by atoms with E-state index < -0.39 is 10.0 Å². The summed E-state index contributed by atoms with van der Waals surface area (Å²) in [6, 6.07) is 11.7. The van der Waals surface area contributed by atoms with Crippen molar-refractivity contribution in [2.45, 2.75) is 11.4 Å². The zero-order chi connectivity index (χ0) is 17.4. The third-order valence-electron chi connectivity index (χ3n) is 3.67. The Balaban J connectivity index is 1.95. The summed E-state index contributed by atoms with van der Waals surface area (Å²) in [5, 5.41) is 0. The van der Waals surface area contributed by atoms with E-state index in [4.69, 9.17) is 15.9 Å². The smallest absolute Gasteiger partial charge is 0.285 e. The van der Waals surface area contributed by atoms with Crippen molar-refractivity contribution in [1.29, 1.82) is 0 Å². The summed E-state index contributed by atoms with van der Waals surface area (Å²) < 4.78 is 42.4. The van der Waals surface area contributed by atoms with Crippen LogP contribution in [0.1, 0.15) is 0 Å². The van der Waals surface area contributed by atoms with Gasteiger partial charge in [-0.2, -0.15) is 8.42 Å². The van der Waals surface area contributed by atoms with Gasteiger partial charge in [0, 0.05) is 12.1 Å². The van der Waals surface area contributed by atoms with E-state index in [1.807, 2.05) is 6.07 Å². The Morgan fingerprint density at radius 1 is 1.20 bits per heavy atom. The maximum absolute atomic E-state index is 12.6. The summed E-state index contributed by atoms with van der Waals surface area (Å²) in [4.78, 5) is 0.439. The van der Waals surface area contributed by atoms with Crippen LogP contribution in [0.5, 0.6) is 11.5 Å². The van der Waals surface area contributed by atoms with Crippen LogP contribution in [0.4, 0.5) is 0 Å². The third-order valence-corrected chi connectivity index (χ3v) is 6.10. The number of ether oxygens (including phenoxy) is 2. The van der Waals surface area contributed by atoms with Crippen molar-refractivity contribution in [3.05, 3.63) is 47.3 Å². The molecular formula is C17H12N2O4S2. The molecule has 0 spiro atoms. The van der Waals surface area contributed by atoms with Gasteiger partial charge in [0.2, 0.25) is 11.6 Å². The molecule has 8 heteroatoms. The van der Waals surface area contributed by atoms with Crippen LogP contribution in [-0.2, 0) is 16.6 Å². The van der Waals surface area contributed by atoms with Gasteiger partial charge in [0.25, 0.3) is 10.0 Å². The van der Waals surface area contributed by atoms with Crippen LogP contribution >= 0.6 is 11.3 Å². The molecule has 0 amide bonds. The summed E-state index contributed by atoms with van der Waals surface area (Å²) in [6.45, 7) is 0.365. The van der Waals surface area contributed by atoms with Gasteiger partial charge in [-0.05, 0) is 12.1 Å². The van der Waals surface area contributed by atoms with Gasteiger partial charge in [-0.25, -0.2) is 0 Å². The average Bonchev–Trinajstić information content (AvgIpc) is 3.18. The number of fused-ring (bicyclic) bond motifs is 2. The first-order valence-electron chi connectivity index (χ1n) is 7.31. The molecule has 0 N–H and O–H groups in total. The second-order valence-electron chi connectivity index (χ2n) is 5.23. The van der Waals surface area contributed by atoms with E-state index in [0.29, 0.717) is 16.3 Å². The molecule has 1 aliphatic heterocycles. The normalized spacial score (nSPS) is 14.0. The lowest BCUT2D eigenvalue weighted by Crippen LogP contribution is -2.16. The third kappa shape index (κ3) is 2.77.